The average molecular weight is 271 g/mol. The number of fused-ring (bicyclic) bond motifs is 1. The lowest BCUT2D eigenvalue weighted by atomic mass is 10.0. The quantitative estimate of drug-likeness (QED) is 0.612. The van der Waals surface area contributed by atoms with Crippen molar-refractivity contribution in [3.63, 3.8) is 0 Å². The van der Waals surface area contributed by atoms with Crippen molar-refractivity contribution in [1.82, 2.24) is 0 Å². The fraction of sp³-hybridized carbons (Fsp3) is 0.333. The Bertz CT molecular complexity index is 497. The normalized spacial score (nSPS) is 12.3. The minimum atomic E-state index is -0.500. The van der Waals surface area contributed by atoms with E-state index in [1.54, 1.807) is 12.1 Å². The van der Waals surface area contributed by atoms with Gasteiger partial charge in [0.1, 0.15) is 0 Å². The molecule has 96 valence electrons. The molecule has 0 spiro atoms. The molecular weight excluding hydrogens is 260 g/mol. The number of benzene rings is 1. The average Bonchev–Trinajstić information content (AvgIpc) is 2.75. The lowest BCUT2D eigenvalue weighted by Gasteiger charge is -2.08. The predicted molar refractivity (Wildman–Crippen MR) is 62.8 cm³/mol. The molecule has 0 saturated carbocycles. The largest absolute Gasteiger partial charge is 0.469 e. The van der Waals surface area contributed by atoms with E-state index < -0.39 is 11.2 Å². The number of carbonyl (C=O) groups excluding carboxylic acids is 2. The molecule has 0 radical (unpaired) electrons. The van der Waals surface area contributed by atoms with E-state index in [1.165, 1.54) is 7.11 Å². The van der Waals surface area contributed by atoms with Gasteiger partial charge < -0.3 is 14.2 Å². The zero-order valence-electron chi connectivity index (χ0n) is 9.70. The first kappa shape index (κ1) is 12.7. The molecule has 1 aliphatic heterocycles. The summed E-state index contributed by atoms with van der Waals surface area (Å²) in [6.07, 6.45) is 0.0944. The molecule has 18 heavy (non-hydrogen) atoms. The van der Waals surface area contributed by atoms with Gasteiger partial charge >= 0.3 is 5.97 Å². The molecule has 1 aromatic rings. The number of esters is 1. The van der Waals surface area contributed by atoms with Gasteiger partial charge in [0.05, 0.1) is 13.5 Å². The van der Waals surface area contributed by atoms with Crippen LogP contribution >= 0.6 is 11.6 Å². The van der Waals surface area contributed by atoms with Crippen LogP contribution in [0.25, 0.3) is 0 Å². The number of halogens is 1. The number of methoxy groups -OCH3 is 1. The van der Waals surface area contributed by atoms with Crippen LogP contribution in [-0.4, -0.2) is 25.1 Å². The van der Waals surface area contributed by atoms with Crippen LogP contribution in [0.2, 0.25) is 0 Å². The number of carbonyl (C=O) groups is 2. The molecule has 0 amide bonds. The van der Waals surface area contributed by atoms with Gasteiger partial charge in [0.25, 0.3) is 0 Å². The maximum Gasteiger partial charge on any atom is 0.309 e. The van der Waals surface area contributed by atoms with Crippen LogP contribution in [0.3, 0.4) is 0 Å². The van der Waals surface area contributed by atoms with E-state index in [0.29, 0.717) is 22.6 Å². The van der Waals surface area contributed by atoms with Crippen molar-refractivity contribution in [2.75, 3.05) is 13.9 Å². The van der Waals surface area contributed by atoms with Gasteiger partial charge in [-0.05, 0) is 34.9 Å². The number of rotatable bonds is 4. The third-order valence-corrected chi connectivity index (χ3v) is 2.72. The molecule has 0 unspecified atom stereocenters. The Hall–Kier alpha value is -1.75. The summed E-state index contributed by atoms with van der Waals surface area (Å²) in [7, 11) is 1.31. The molecule has 0 bridgehead atoms. The summed E-state index contributed by atoms with van der Waals surface area (Å²) in [5.74, 6) is 0.716. The topological polar surface area (TPSA) is 61.8 Å². The lowest BCUT2D eigenvalue weighted by molar-refractivity contribution is -0.139. The van der Waals surface area contributed by atoms with Crippen LogP contribution in [0.5, 0.6) is 11.5 Å². The van der Waals surface area contributed by atoms with Crippen molar-refractivity contribution >= 4 is 22.8 Å². The van der Waals surface area contributed by atoms with E-state index in [9.17, 15) is 9.59 Å². The second-order valence-corrected chi connectivity index (χ2v) is 4.18. The second kappa shape index (κ2) is 5.27. The first-order valence-electron chi connectivity index (χ1n) is 5.26. The summed E-state index contributed by atoms with van der Waals surface area (Å²) in [5, 5.41) is -0.500. The minimum Gasteiger partial charge on any atom is -0.469 e. The summed E-state index contributed by atoms with van der Waals surface area (Å²) in [5.41, 5.74) is 1.30. The lowest BCUT2D eigenvalue weighted by Crippen LogP contribution is -2.08. The highest BCUT2D eigenvalue weighted by Crippen LogP contribution is 2.35. The molecule has 0 atom stereocenters. The molecule has 0 aromatic heterocycles. The molecule has 1 heterocycles. The van der Waals surface area contributed by atoms with Crippen LogP contribution < -0.4 is 9.47 Å². The fourth-order valence-electron chi connectivity index (χ4n) is 1.73. The minimum absolute atomic E-state index is 0.0323. The summed E-state index contributed by atoms with van der Waals surface area (Å²) < 4.78 is 15.0. The third kappa shape index (κ3) is 2.73. The Morgan fingerprint density at radius 3 is 2.28 bits per heavy atom. The molecule has 2 rings (SSSR count). The highest BCUT2D eigenvalue weighted by atomic mass is 35.5. The zero-order chi connectivity index (χ0) is 13.1. The van der Waals surface area contributed by atoms with Crippen LogP contribution in [0.15, 0.2) is 12.1 Å². The van der Waals surface area contributed by atoms with E-state index >= 15 is 0 Å². The zero-order valence-corrected chi connectivity index (χ0v) is 10.5. The summed E-state index contributed by atoms with van der Waals surface area (Å²) in [4.78, 5) is 22.3. The fourth-order valence-corrected chi connectivity index (χ4v) is 1.88. The Balaban J connectivity index is 2.34. The van der Waals surface area contributed by atoms with Gasteiger partial charge in [0.15, 0.2) is 11.5 Å². The highest BCUT2D eigenvalue weighted by Gasteiger charge is 2.19. The van der Waals surface area contributed by atoms with Crippen LogP contribution in [-0.2, 0) is 27.2 Å². The van der Waals surface area contributed by atoms with E-state index in [1.807, 2.05) is 0 Å². The first-order valence-corrected chi connectivity index (χ1v) is 5.64. The van der Waals surface area contributed by atoms with E-state index in [2.05, 4.69) is 4.74 Å². The first-order chi connectivity index (χ1) is 8.60. The maximum atomic E-state index is 11.3. The van der Waals surface area contributed by atoms with Gasteiger partial charge in [-0.2, -0.15) is 0 Å². The predicted octanol–water partition coefficient (Wildman–Crippen LogP) is 1.44. The van der Waals surface area contributed by atoms with Gasteiger partial charge in [0.2, 0.25) is 12.0 Å². The number of hydrogen-bond donors (Lipinski definition) is 0. The van der Waals surface area contributed by atoms with Gasteiger partial charge in [-0.15, -0.1) is 0 Å². The SMILES string of the molecule is COC(=O)Cc1cc2c(cc1CC(=O)Cl)OCO2. The number of hydrogen-bond acceptors (Lipinski definition) is 5. The third-order valence-electron chi connectivity index (χ3n) is 2.59. The van der Waals surface area contributed by atoms with E-state index in [-0.39, 0.29) is 19.6 Å². The molecule has 6 heteroatoms. The van der Waals surface area contributed by atoms with Crippen molar-refractivity contribution in [2.45, 2.75) is 12.8 Å². The van der Waals surface area contributed by atoms with E-state index in [0.717, 1.165) is 0 Å². The molecule has 0 saturated heterocycles. The van der Waals surface area contributed by atoms with E-state index in [4.69, 9.17) is 21.1 Å². The Kier molecular flexibility index (Phi) is 3.72. The smallest absolute Gasteiger partial charge is 0.309 e. The molecule has 0 N–H and O–H groups in total. The summed E-state index contributed by atoms with van der Waals surface area (Å²) >= 11 is 5.38. The Morgan fingerprint density at radius 2 is 1.78 bits per heavy atom. The maximum absolute atomic E-state index is 11.3. The molecule has 0 fully saturated rings. The number of ether oxygens (including phenoxy) is 3. The molecule has 0 aliphatic carbocycles. The monoisotopic (exact) mass is 270 g/mol. The van der Waals surface area contributed by atoms with Crippen molar-refractivity contribution in [1.29, 1.82) is 0 Å². The Labute approximate surface area is 109 Å². The van der Waals surface area contributed by atoms with Gasteiger partial charge in [-0.3, -0.25) is 9.59 Å². The van der Waals surface area contributed by atoms with Crippen molar-refractivity contribution in [3.05, 3.63) is 23.3 Å². The van der Waals surface area contributed by atoms with Crippen LogP contribution in [0, 0.1) is 0 Å². The standard InChI is InChI=1S/C12H11ClO5/c1-16-12(15)5-8-3-10-9(17-6-18-10)2-7(8)4-11(13)14/h2-3H,4-6H2,1H3. The van der Waals surface area contributed by atoms with Crippen LogP contribution in [0.4, 0.5) is 0 Å². The molecule has 5 nitrogen and oxygen atoms in total. The highest BCUT2D eigenvalue weighted by molar-refractivity contribution is 6.63. The van der Waals surface area contributed by atoms with Gasteiger partial charge in [0, 0.05) is 6.42 Å². The van der Waals surface area contributed by atoms with Crippen molar-refractivity contribution in [3.8, 4) is 11.5 Å². The molecular formula is C12H11ClO5. The van der Waals surface area contributed by atoms with Gasteiger partial charge in [-0.25, -0.2) is 0 Å². The molecule has 1 aliphatic rings. The molecule has 1 aromatic carbocycles. The van der Waals surface area contributed by atoms with Gasteiger partial charge in [-0.1, -0.05) is 0 Å². The summed E-state index contributed by atoms with van der Waals surface area (Å²) in [6.45, 7) is 0.130. The summed E-state index contributed by atoms with van der Waals surface area (Å²) in [6, 6.07) is 3.34. The van der Waals surface area contributed by atoms with Crippen molar-refractivity contribution in [2.24, 2.45) is 0 Å². The van der Waals surface area contributed by atoms with Crippen molar-refractivity contribution < 1.29 is 23.8 Å². The second-order valence-electron chi connectivity index (χ2n) is 3.76. The van der Waals surface area contributed by atoms with Crippen LogP contribution in [0.1, 0.15) is 11.1 Å². The Morgan fingerprint density at radius 1 is 1.22 bits per heavy atom.